The van der Waals surface area contributed by atoms with E-state index in [1.807, 2.05) is 6.92 Å². The van der Waals surface area contributed by atoms with E-state index in [1.165, 1.54) is 5.70 Å². The number of rotatable bonds is 4. The van der Waals surface area contributed by atoms with Crippen molar-refractivity contribution in [2.75, 3.05) is 12.3 Å². The fourth-order valence-electron chi connectivity index (χ4n) is 1.44. The van der Waals surface area contributed by atoms with Gasteiger partial charge in [-0.25, -0.2) is 0 Å². The molecule has 0 aromatic carbocycles. The van der Waals surface area contributed by atoms with Crippen molar-refractivity contribution in [1.82, 2.24) is 4.90 Å². The van der Waals surface area contributed by atoms with Gasteiger partial charge in [0.05, 0.1) is 20.5 Å². The molecule has 0 aromatic rings. The number of hydrogen-bond donors (Lipinski definition) is 0. The molecule has 0 aliphatic carbocycles. The van der Waals surface area contributed by atoms with Crippen molar-refractivity contribution in [3.8, 4) is 0 Å². The summed E-state index contributed by atoms with van der Waals surface area (Å²) in [5.74, 6) is 0. The predicted octanol–water partition coefficient (Wildman–Crippen LogP) is 1.70. The lowest BCUT2D eigenvalue weighted by atomic mass is 10.1. The molecule has 0 saturated carbocycles. The summed E-state index contributed by atoms with van der Waals surface area (Å²) in [5, 5.41) is 0. The summed E-state index contributed by atoms with van der Waals surface area (Å²) in [4.78, 5) is 6.56. The van der Waals surface area contributed by atoms with Gasteiger partial charge in [0.1, 0.15) is 0 Å². The van der Waals surface area contributed by atoms with Gasteiger partial charge in [-0.1, -0.05) is 0 Å². The minimum absolute atomic E-state index is 0.122. The third-order valence-electron chi connectivity index (χ3n) is 2.14. The summed E-state index contributed by atoms with van der Waals surface area (Å²) in [6, 6.07) is 0. The zero-order chi connectivity index (χ0) is 12.1. The molecule has 6 radical (unpaired) electrons. The normalized spacial score (nSPS) is 14.3. The molecule has 0 unspecified atom stereocenters. The molecule has 0 fully saturated rings. The Morgan fingerprint density at radius 2 is 1.80 bits per heavy atom. The van der Waals surface area contributed by atoms with E-state index in [1.54, 1.807) is 0 Å². The first-order valence-corrected chi connectivity index (χ1v) is 6.50. The standard InChI is InChI=1S/C11H20N2Si2/c1-9(12-7-14)6-10(2)13(8-15)11(3,4)5/h6H,7-8H2,1-5H3/b10-6-,12-9+. The van der Waals surface area contributed by atoms with Crippen LogP contribution in [0.15, 0.2) is 16.8 Å². The average Bonchev–Trinajstić information content (AvgIpc) is 2.02. The zero-order valence-electron chi connectivity index (χ0n) is 10.4. The van der Waals surface area contributed by atoms with E-state index in [0.717, 1.165) is 11.9 Å². The van der Waals surface area contributed by atoms with Crippen molar-refractivity contribution < 1.29 is 0 Å². The highest BCUT2D eigenvalue weighted by Crippen LogP contribution is 2.18. The van der Waals surface area contributed by atoms with Gasteiger partial charge in [-0.15, -0.1) is 0 Å². The second-order valence-electron chi connectivity index (χ2n) is 4.50. The highest BCUT2D eigenvalue weighted by atomic mass is 28.1. The first-order valence-electron chi connectivity index (χ1n) is 5.09. The van der Waals surface area contributed by atoms with Gasteiger partial charge >= 0.3 is 0 Å². The second kappa shape index (κ2) is 6.28. The Kier molecular flexibility index (Phi) is 6.13. The van der Waals surface area contributed by atoms with E-state index >= 15 is 0 Å². The first-order chi connectivity index (χ1) is 6.82. The largest absolute Gasteiger partial charge is 0.374 e. The topological polar surface area (TPSA) is 15.6 Å². The molecule has 0 aliphatic rings. The molecule has 0 bridgehead atoms. The zero-order valence-corrected chi connectivity index (χ0v) is 12.4. The number of allylic oxidation sites excluding steroid dienone is 2. The molecule has 0 heterocycles. The monoisotopic (exact) mass is 236 g/mol. The summed E-state index contributed by atoms with van der Waals surface area (Å²) >= 11 is 0. The molecule has 82 valence electrons. The van der Waals surface area contributed by atoms with Crippen LogP contribution in [0.2, 0.25) is 0 Å². The van der Waals surface area contributed by atoms with Crippen LogP contribution in [-0.4, -0.2) is 49.0 Å². The highest BCUT2D eigenvalue weighted by molar-refractivity contribution is 6.10. The number of aliphatic imine (C=N–C) groups is 1. The molecule has 4 heteroatoms. The van der Waals surface area contributed by atoms with Gasteiger partial charge in [0, 0.05) is 29.3 Å². The van der Waals surface area contributed by atoms with Crippen molar-refractivity contribution >= 4 is 26.2 Å². The smallest absolute Gasteiger partial charge is 0.0542 e. The maximum absolute atomic E-state index is 4.27. The average molecular weight is 236 g/mol. The predicted molar refractivity (Wildman–Crippen MR) is 69.7 cm³/mol. The van der Waals surface area contributed by atoms with E-state index in [9.17, 15) is 0 Å². The van der Waals surface area contributed by atoms with Crippen LogP contribution in [0.1, 0.15) is 34.6 Å². The summed E-state index contributed by atoms with van der Waals surface area (Å²) in [7, 11) is 6.91. The van der Waals surface area contributed by atoms with Gasteiger partial charge in [-0.05, 0) is 40.7 Å². The maximum Gasteiger partial charge on any atom is 0.0542 e. The molecule has 0 atom stereocenters. The summed E-state index contributed by atoms with van der Waals surface area (Å²) in [6.07, 6.45) is 3.58. The van der Waals surface area contributed by atoms with Crippen molar-refractivity contribution in [2.45, 2.75) is 40.2 Å². The van der Waals surface area contributed by atoms with Gasteiger partial charge in [0.15, 0.2) is 0 Å². The molecule has 0 saturated heterocycles. The lowest BCUT2D eigenvalue weighted by molar-refractivity contribution is 0.216. The van der Waals surface area contributed by atoms with Crippen molar-refractivity contribution in [1.29, 1.82) is 0 Å². The van der Waals surface area contributed by atoms with Gasteiger partial charge in [-0.3, -0.25) is 4.99 Å². The van der Waals surface area contributed by atoms with Gasteiger partial charge < -0.3 is 4.90 Å². The number of nitrogens with zero attached hydrogens (tertiary/aromatic N) is 2. The van der Waals surface area contributed by atoms with E-state index < -0.39 is 0 Å². The SMILES string of the molecule is C/C(=C/C(C)=N/C[Si])N(C[Si])C(C)(C)C. The van der Waals surface area contributed by atoms with Crippen LogP contribution in [-0.2, 0) is 0 Å². The molecule has 0 rings (SSSR count). The molecular weight excluding hydrogens is 216 g/mol. The number of hydrogen-bond acceptors (Lipinski definition) is 2. The first kappa shape index (κ1) is 14.6. The molecule has 0 amide bonds. The Hall–Kier alpha value is -0.356. The lowest BCUT2D eigenvalue weighted by Gasteiger charge is -2.37. The Bertz CT molecular complexity index is 252. The molecule has 0 N–H and O–H groups in total. The quantitative estimate of drug-likeness (QED) is 0.536. The van der Waals surface area contributed by atoms with Gasteiger partial charge in [0.25, 0.3) is 0 Å². The molecule has 0 aromatic heterocycles. The Morgan fingerprint density at radius 1 is 1.27 bits per heavy atom. The summed E-state index contributed by atoms with van der Waals surface area (Å²) in [6.45, 7) is 10.7. The van der Waals surface area contributed by atoms with Crippen LogP contribution in [0.25, 0.3) is 0 Å². The van der Waals surface area contributed by atoms with E-state index in [0.29, 0.717) is 6.17 Å². The second-order valence-corrected chi connectivity index (χ2v) is 5.13. The van der Waals surface area contributed by atoms with Crippen LogP contribution < -0.4 is 0 Å². The molecule has 0 aliphatic heterocycles. The fourth-order valence-corrected chi connectivity index (χ4v) is 2.41. The van der Waals surface area contributed by atoms with Crippen LogP contribution in [0.4, 0.5) is 0 Å². The van der Waals surface area contributed by atoms with Crippen molar-refractivity contribution in [3.05, 3.63) is 11.8 Å². The highest BCUT2D eigenvalue weighted by Gasteiger charge is 2.19. The van der Waals surface area contributed by atoms with Crippen LogP contribution in [0.5, 0.6) is 0 Å². The van der Waals surface area contributed by atoms with E-state index in [2.05, 4.69) is 64.1 Å². The minimum Gasteiger partial charge on any atom is -0.374 e. The van der Waals surface area contributed by atoms with Crippen molar-refractivity contribution in [3.63, 3.8) is 0 Å². The molecule has 0 spiro atoms. The Morgan fingerprint density at radius 3 is 2.13 bits per heavy atom. The maximum atomic E-state index is 4.27. The summed E-state index contributed by atoms with van der Waals surface area (Å²) < 4.78 is 0. The van der Waals surface area contributed by atoms with Gasteiger partial charge in [-0.2, -0.15) is 0 Å². The van der Waals surface area contributed by atoms with Crippen LogP contribution in [0.3, 0.4) is 0 Å². The Labute approximate surface area is 101 Å². The molecular formula is C11H20N2Si2. The summed E-state index contributed by atoms with van der Waals surface area (Å²) in [5.41, 5.74) is 2.38. The molecule has 15 heavy (non-hydrogen) atoms. The van der Waals surface area contributed by atoms with Gasteiger partial charge in [0.2, 0.25) is 0 Å². The van der Waals surface area contributed by atoms with Crippen LogP contribution >= 0.6 is 0 Å². The Balaban J connectivity index is 4.80. The van der Waals surface area contributed by atoms with Crippen molar-refractivity contribution in [2.24, 2.45) is 4.99 Å². The minimum atomic E-state index is 0.122. The lowest BCUT2D eigenvalue weighted by Crippen LogP contribution is -2.40. The third kappa shape index (κ3) is 5.32. The fraction of sp³-hybridized carbons (Fsp3) is 0.727. The van der Waals surface area contributed by atoms with E-state index in [-0.39, 0.29) is 5.54 Å². The molecule has 2 nitrogen and oxygen atoms in total. The van der Waals surface area contributed by atoms with E-state index in [4.69, 9.17) is 0 Å². The van der Waals surface area contributed by atoms with Crippen LogP contribution in [0, 0.1) is 0 Å². The third-order valence-corrected chi connectivity index (χ3v) is 2.61.